The van der Waals surface area contributed by atoms with E-state index in [2.05, 4.69) is 6.92 Å². The summed E-state index contributed by atoms with van der Waals surface area (Å²) in [6, 6.07) is 11.1. The summed E-state index contributed by atoms with van der Waals surface area (Å²) in [5.74, 6) is -0.200. The predicted octanol–water partition coefficient (Wildman–Crippen LogP) is 6.50. The fraction of sp³-hybridized carbons (Fsp3) is 0.538. The summed E-state index contributed by atoms with van der Waals surface area (Å²) in [6.45, 7) is 3.26. The third-order valence-corrected chi connectivity index (χ3v) is 5.68. The number of hydrogen-bond donors (Lipinski definition) is 1. The normalized spacial score (nSPS) is 11.0. The van der Waals surface area contributed by atoms with E-state index >= 15 is 0 Å². The molecule has 2 rings (SSSR count). The van der Waals surface area contributed by atoms with Gasteiger partial charge in [-0.3, -0.25) is 4.79 Å². The molecule has 1 N–H and O–H groups in total. The first kappa shape index (κ1) is 23.9. The van der Waals surface area contributed by atoms with Crippen molar-refractivity contribution < 1.29 is 14.7 Å². The molecule has 0 aliphatic rings. The number of fused-ring (bicyclic) bond motifs is 1. The monoisotopic (exact) mass is 411 g/mol. The van der Waals surface area contributed by atoms with E-state index in [1.165, 1.54) is 51.4 Å². The van der Waals surface area contributed by atoms with Gasteiger partial charge in [0.25, 0.3) is 5.91 Å². The number of rotatable bonds is 15. The zero-order valence-corrected chi connectivity index (χ0v) is 18.4. The smallest absolute Gasteiger partial charge is 0.257 e. The number of amides is 1. The van der Waals surface area contributed by atoms with Crippen molar-refractivity contribution in [3.8, 4) is 5.75 Å². The lowest BCUT2D eigenvalue weighted by molar-refractivity contribution is -0.108. The van der Waals surface area contributed by atoms with Gasteiger partial charge in [-0.1, -0.05) is 89.0 Å². The zero-order chi connectivity index (χ0) is 21.6. The van der Waals surface area contributed by atoms with E-state index in [-0.39, 0.29) is 11.7 Å². The van der Waals surface area contributed by atoms with Gasteiger partial charge in [0.15, 0.2) is 0 Å². The van der Waals surface area contributed by atoms with Crippen molar-refractivity contribution in [3.63, 3.8) is 0 Å². The summed E-state index contributed by atoms with van der Waals surface area (Å²) in [5, 5.41) is 12.2. The van der Waals surface area contributed by atoms with Crippen LogP contribution in [0.5, 0.6) is 5.75 Å². The highest BCUT2D eigenvalue weighted by Crippen LogP contribution is 2.26. The summed E-state index contributed by atoms with van der Waals surface area (Å²) in [7, 11) is 0. The first-order valence-electron chi connectivity index (χ1n) is 11.6. The lowest BCUT2D eigenvalue weighted by Crippen LogP contribution is -2.33. The fourth-order valence-corrected chi connectivity index (χ4v) is 3.88. The van der Waals surface area contributed by atoms with Crippen LogP contribution in [0.3, 0.4) is 0 Å². The van der Waals surface area contributed by atoms with Crippen LogP contribution in [0.2, 0.25) is 0 Å². The van der Waals surface area contributed by atoms with Gasteiger partial charge in [-0.05, 0) is 29.3 Å². The molecule has 0 aliphatic carbocycles. The Bertz CT molecular complexity index is 787. The number of nitrogens with zero attached hydrogens (tertiary/aromatic N) is 1. The standard InChI is InChI=1S/C26H37NO3/c1-2-3-4-5-6-7-8-9-10-13-17-27(18-14-19-28)26(30)24-20-22-15-11-12-16-23(22)21-25(24)29/h11-12,15-16,19-21,29H,2-10,13-14,17-18H2,1H3. The maximum absolute atomic E-state index is 13.1. The zero-order valence-electron chi connectivity index (χ0n) is 18.4. The number of phenols is 1. The maximum Gasteiger partial charge on any atom is 0.257 e. The van der Waals surface area contributed by atoms with Crippen LogP contribution >= 0.6 is 0 Å². The first-order chi connectivity index (χ1) is 14.7. The summed E-state index contributed by atoms with van der Waals surface area (Å²) >= 11 is 0. The molecule has 0 bridgehead atoms. The van der Waals surface area contributed by atoms with Gasteiger partial charge in [0.1, 0.15) is 12.0 Å². The molecule has 0 atom stereocenters. The Morgan fingerprint density at radius 3 is 2.03 bits per heavy atom. The van der Waals surface area contributed by atoms with E-state index in [0.29, 0.717) is 25.1 Å². The number of aromatic hydroxyl groups is 1. The third kappa shape index (κ3) is 7.81. The van der Waals surface area contributed by atoms with Crippen LogP contribution in [0.1, 0.15) is 87.9 Å². The largest absolute Gasteiger partial charge is 0.507 e. The van der Waals surface area contributed by atoms with Gasteiger partial charge in [0.05, 0.1) is 5.56 Å². The first-order valence-corrected chi connectivity index (χ1v) is 11.6. The highest BCUT2D eigenvalue weighted by Gasteiger charge is 2.19. The average molecular weight is 412 g/mol. The summed E-state index contributed by atoms with van der Waals surface area (Å²) in [4.78, 5) is 25.6. The van der Waals surface area contributed by atoms with E-state index in [9.17, 15) is 14.7 Å². The molecule has 4 nitrogen and oxygen atoms in total. The molecular formula is C26H37NO3. The third-order valence-electron chi connectivity index (χ3n) is 5.68. The highest BCUT2D eigenvalue weighted by atomic mass is 16.3. The molecule has 2 aromatic carbocycles. The molecule has 0 saturated heterocycles. The van der Waals surface area contributed by atoms with Crippen molar-refractivity contribution in [2.24, 2.45) is 0 Å². The van der Waals surface area contributed by atoms with Crippen LogP contribution < -0.4 is 0 Å². The van der Waals surface area contributed by atoms with E-state index in [1.807, 2.05) is 24.3 Å². The van der Waals surface area contributed by atoms with Crippen LogP contribution in [0.4, 0.5) is 0 Å². The maximum atomic E-state index is 13.1. The summed E-state index contributed by atoms with van der Waals surface area (Å²) in [6.07, 6.45) is 13.6. The molecule has 1 amide bonds. The number of unbranched alkanes of at least 4 members (excludes halogenated alkanes) is 9. The lowest BCUT2D eigenvalue weighted by atomic mass is 10.0. The van der Waals surface area contributed by atoms with Crippen molar-refractivity contribution in [2.45, 2.75) is 77.6 Å². The molecule has 0 radical (unpaired) electrons. The number of aldehydes is 1. The Labute approximate surface area is 181 Å². The van der Waals surface area contributed by atoms with E-state index < -0.39 is 0 Å². The number of carbonyl (C=O) groups is 2. The minimum atomic E-state index is -0.198. The number of carbonyl (C=O) groups excluding carboxylic acids is 2. The van der Waals surface area contributed by atoms with Gasteiger partial charge < -0.3 is 14.8 Å². The molecular weight excluding hydrogens is 374 g/mol. The Morgan fingerprint density at radius 2 is 1.43 bits per heavy atom. The van der Waals surface area contributed by atoms with Gasteiger partial charge in [0.2, 0.25) is 0 Å². The van der Waals surface area contributed by atoms with Crippen molar-refractivity contribution in [1.82, 2.24) is 4.90 Å². The molecule has 0 spiro atoms. The molecule has 0 fully saturated rings. The Balaban J connectivity index is 1.84. The van der Waals surface area contributed by atoms with Crippen molar-refractivity contribution in [3.05, 3.63) is 42.0 Å². The van der Waals surface area contributed by atoms with Crippen LogP contribution in [0.25, 0.3) is 10.8 Å². The van der Waals surface area contributed by atoms with Gasteiger partial charge >= 0.3 is 0 Å². The number of phenolic OH excluding ortho intramolecular Hbond substituents is 1. The van der Waals surface area contributed by atoms with Crippen molar-refractivity contribution in [2.75, 3.05) is 13.1 Å². The number of benzene rings is 2. The van der Waals surface area contributed by atoms with Gasteiger partial charge in [-0.2, -0.15) is 0 Å². The molecule has 30 heavy (non-hydrogen) atoms. The van der Waals surface area contributed by atoms with Gasteiger partial charge in [-0.15, -0.1) is 0 Å². The molecule has 0 saturated carbocycles. The molecule has 0 aliphatic heterocycles. The molecule has 0 aromatic heterocycles. The predicted molar refractivity (Wildman–Crippen MR) is 124 cm³/mol. The minimum absolute atomic E-state index is 0.00197. The summed E-state index contributed by atoms with van der Waals surface area (Å²) in [5.41, 5.74) is 0.312. The molecule has 0 heterocycles. The second-order valence-corrected chi connectivity index (χ2v) is 8.15. The van der Waals surface area contributed by atoms with E-state index in [0.717, 1.165) is 29.9 Å². The second-order valence-electron chi connectivity index (χ2n) is 8.15. The Hall–Kier alpha value is -2.36. The highest BCUT2D eigenvalue weighted by molar-refractivity contribution is 6.01. The van der Waals surface area contributed by atoms with E-state index in [4.69, 9.17) is 0 Å². The van der Waals surface area contributed by atoms with Crippen molar-refractivity contribution >= 4 is 23.0 Å². The topological polar surface area (TPSA) is 57.6 Å². The van der Waals surface area contributed by atoms with Crippen LogP contribution in [-0.4, -0.2) is 35.3 Å². The quantitative estimate of drug-likeness (QED) is 0.269. The Kier molecular flexibility index (Phi) is 11.0. The second kappa shape index (κ2) is 13.8. The lowest BCUT2D eigenvalue weighted by Gasteiger charge is -2.22. The summed E-state index contributed by atoms with van der Waals surface area (Å²) < 4.78 is 0. The molecule has 164 valence electrons. The minimum Gasteiger partial charge on any atom is -0.507 e. The van der Waals surface area contributed by atoms with Crippen LogP contribution in [-0.2, 0) is 4.79 Å². The average Bonchev–Trinajstić information content (AvgIpc) is 2.76. The van der Waals surface area contributed by atoms with E-state index in [1.54, 1.807) is 17.0 Å². The van der Waals surface area contributed by atoms with Crippen LogP contribution in [0.15, 0.2) is 36.4 Å². The SMILES string of the molecule is CCCCCCCCCCCCN(CCC=O)C(=O)c1cc2ccccc2cc1O. The van der Waals surface area contributed by atoms with Gasteiger partial charge in [0, 0.05) is 19.5 Å². The van der Waals surface area contributed by atoms with Crippen LogP contribution in [0, 0.1) is 0 Å². The number of hydrogen-bond acceptors (Lipinski definition) is 3. The Morgan fingerprint density at radius 1 is 0.867 bits per heavy atom. The molecule has 0 unspecified atom stereocenters. The molecule has 2 aromatic rings. The van der Waals surface area contributed by atoms with Crippen molar-refractivity contribution in [1.29, 1.82) is 0 Å². The molecule has 4 heteroatoms. The fourth-order valence-electron chi connectivity index (χ4n) is 3.88. The van der Waals surface area contributed by atoms with Gasteiger partial charge in [-0.25, -0.2) is 0 Å².